The molecule has 0 aromatic heterocycles. The van der Waals surface area contributed by atoms with Gasteiger partial charge in [0.2, 0.25) is 0 Å². The second-order valence-electron chi connectivity index (χ2n) is 3.33. The van der Waals surface area contributed by atoms with Gasteiger partial charge in [-0.3, -0.25) is 0 Å². The summed E-state index contributed by atoms with van der Waals surface area (Å²) in [5.74, 6) is -1.01. The van der Waals surface area contributed by atoms with Crippen LogP contribution in [0, 0.1) is 0 Å². The number of nitrogens with two attached hydrogens (primary N) is 1. The van der Waals surface area contributed by atoms with Crippen molar-refractivity contribution >= 4 is 5.97 Å². The zero-order valence-electron chi connectivity index (χ0n) is 7.17. The Morgan fingerprint density at radius 3 is 2.45 bits per heavy atom. The maximum absolute atomic E-state index is 10.2. The number of carbonyl (C=O) groups excluding carboxylic acids is 1. The normalized spacial score (nSPS) is 11.5. The number of hydrogen-bond donors (Lipinski definition) is 1. The minimum absolute atomic E-state index is 0.0556. The van der Waals surface area contributed by atoms with Crippen LogP contribution in [0.5, 0.6) is 0 Å². The fourth-order valence-electron chi connectivity index (χ4n) is 0.948. The summed E-state index contributed by atoms with van der Waals surface area (Å²) < 4.78 is 0.444. The number of carbonyl (C=O) groups is 1. The molecular weight excluding hydrogens is 144 g/mol. The molecular formula is C7H16N2O2. The number of hydrogen-bond acceptors (Lipinski definition) is 3. The molecule has 0 heterocycles. The first kappa shape index (κ1) is 10.4. The molecule has 0 radical (unpaired) electrons. The van der Waals surface area contributed by atoms with Crippen LogP contribution in [0.3, 0.4) is 0 Å². The summed E-state index contributed by atoms with van der Waals surface area (Å²) in [6, 6.07) is 0. The quantitative estimate of drug-likeness (QED) is 0.481. The van der Waals surface area contributed by atoms with Crippen molar-refractivity contribution in [3.05, 3.63) is 0 Å². The van der Waals surface area contributed by atoms with E-state index in [9.17, 15) is 9.90 Å². The Morgan fingerprint density at radius 1 is 1.55 bits per heavy atom. The van der Waals surface area contributed by atoms with Crippen LogP contribution >= 0.6 is 0 Å². The van der Waals surface area contributed by atoms with Gasteiger partial charge in [-0.15, -0.1) is 0 Å². The van der Waals surface area contributed by atoms with Crippen molar-refractivity contribution < 1.29 is 14.4 Å². The zero-order chi connectivity index (χ0) is 8.91. The molecule has 0 saturated heterocycles. The van der Waals surface area contributed by atoms with Gasteiger partial charge in [-0.2, -0.15) is 0 Å². The predicted molar refractivity (Wildman–Crippen MR) is 40.5 cm³/mol. The van der Waals surface area contributed by atoms with Crippen molar-refractivity contribution in [2.75, 3.05) is 33.7 Å². The van der Waals surface area contributed by atoms with E-state index in [2.05, 4.69) is 0 Å². The van der Waals surface area contributed by atoms with E-state index in [4.69, 9.17) is 5.73 Å². The predicted octanol–water partition coefficient (Wildman–Crippen LogP) is -1.84. The number of carboxylic acids is 1. The molecule has 0 amide bonds. The van der Waals surface area contributed by atoms with Gasteiger partial charge >= 0.3 is 0 Å². The van der Waals surface area contributed by atoms with Gasteiger partial charge in [-0.05, 0) is 6.54 Å². The van der Waals surface area contributed by atoms with Crippen molar-refractivity contribution in [1.82, 2.24) is 0 Å². The largest absolute Gasteiger partial charge is 0.544 e. The zero-order valence-corrected chi connectivity index (χ0v) is 7.17. The first-order valence-electron chi connectivity index (χ1n) is 3.70. The Labute approximate surface area is 67.2 Å². The average molecular weight is 160 g/mol. The van der Waals surface area contributed by atoms with Crippen LogP contribution in [0.2, 0.25) is 0 Å². The maximum atomic E-state index is 10.2. The third-order valence-corrected chi connectivity index (χ3v) is 1.52. The van der Waals surface area contributed by atoms with Crippen LogP contribution in [0.15, 0.2) is 0 Å². The minimum Gasteiger partial charge on any atom is -0.544 e. The molecule has 0 aromatic carbocycles. The van der Waals surface area contributed by atoms with Gasteiger partial charge in [0, 0.05) is 6.42 Å². The standard InChI is InChI=1S/C7H16N2O2/c1-9(2,5-3-4-8)6-7(10)11/h3-6,8H2,1-2H3. The molecule has 11 heavy (non-hydrogen) atoms. The minimum atomic E-state index is -1.01. The number of rotatable bonds is 5. The Hall–Kier alpha value is -0.610. The number of carboxylic acid groups (broad SMARTS) is 1. The smallest absolute Gasteiger partial charge is 0.119 e. The van der Waals surface area contributed by atoms with Gasteiger partial charge in [0.15, 0.2) is 0 Å². The van der Waals surface area contributed by atoms with Crippen molar-refractivity contribution in [3.63, 3.8) is 0 Å². The Kier molecular flexibility index (Phi) is 4.07. The van der Waals surface area contributed by atoms with E-state index in [1.165, 1.54) is 0 Å². The molecule has 0 saturated carbocycles. The summed E-state index contributed by atoms with van der Waals surface area (Å²) in [5.41, 5.74) is 5.29. The molecule has 0 aliphatic carbocycles. The number of likely N-dealkylation sites (N-methyl/N-ethyl adjacent to an activating group) is 1. The highest BCUT2D eigenvalue weighted by Crippen LogP contribution is 1.96. The van der Waals surface area contributed by atoms with Crippen LogP contribution < -0.4 is 10.8 Å². The highest BCUT2D eigenvalue weighted by molar-refractivity contribution is 5.65. The molecule has 0 rings (SSSR count). The monoisotopic (exact) mass is 160 g/mol. The van der Waals surface area contributed by atoms with Crippen molar-refractivity contribution in [1.29, 1.82) is 0 Å². The Balaban J connectivity index is 3.70. The third-order valence-electron chi connectivity index (χ3n) is 1.52. The Bertz CT molecular complexity index is 134. The van der Waals surface area contributed by atoms with Crippen LogP contribution in [0.25, 0.3) is 0 Å². The highest BCUT2D eigenvalue weighted by Gasteiger charge is 2.13. The molecule has 2 N–H and O–H groups in total. The lowest BCUT2D eigenvalue weighted by Crippen LogP contribution is -2.49. The topological polar surface area (TPSA) is 66.2 Å². The number of aliphatic carboxylic acids is 1. The average Bonchev–Trinajstić information content (AvgIpc) is 1.81. The summed E-state index contributed by atoms with van der Waals surface area (Å²) in [5, 5.41) is 10.2. The summed E-state index contributed by atoms with van der Waals surface area (Å²) in [6.07, 6.45) is 0.847. The fourth-order valence-corrected chi connectivity index (χ4v) is 0.948. The molecule has 0 spiro atoms. The lowest BCUT2D eigenvalue weighted by Gasteiger charge is -2.29. The molecule has 0 unspecified atom stereocenters. The van der Waals surface area contributed by atoms with Crippen LogP contribution in [0.1, 0.15) is 6.42 Å². The van der Waals surface area contributed by atoms with E-state index in [1.54, 1.807) is 0 Å². The van der Waals surface area contributed by atoms with E-state index >= 15 is 0 Å². The second kappa shape index (κ2) is 4.31. The lowest BCUT2D eigenvalue weighted by atomic mass is 10.3. The molecule has 0 aliphatic heterocycles. The molecule has 0 aromatic rings. The third kappa shape index (κ3) is 5.82. The summed E-state index contributed by atoms with van der Waals surface area (Å²) in [4.78, 5) is 10.2. The Morgan fingerprint density at radius 2 is 2.09 bits per heavy atom. The van der Waals surface area contributed by atoms with Crippen molar-refractivity contribution in [2.45, 2.75) is 6.42 Å². The lowest BCUT2D eigenvalue weighted by molar-refractivity contribution is -0.884. The van der Waals surface area contributed by atoms with Crippen molar-refractivity contribution in [3.8, 4) is 0 Å². The van der Waals surface area contributed by atoms with Gasteiger partial charge in [0.25, 0.3) is 0 Å². The van der Waals surface area contributed by atoms with Gasteiger partial charge in [-0.25, -0.2) is 0 Å². The van der Waals surface area contributed by atoms with Crippen LogP contribution in [0.4, 0.5) is 0 Å². The fraction of sp³-hybridized carbons (Fsp3) is 0.857. The summed E-state index contributed by atoms with van der Waals surface area (Å²) >= 11 is 0. The SMILES string of the molecule is C[N+](C)(CCCN)CC(=O)[O-]. The second-order valence-corrected chi connectivity index (χ2v) is 3.33. The molecule has 4 nitrogen and oxygen atoms in total. The molecule has 0 fully saturated rings. The highest BCUT2D eigenvalue weighted by atomic mass is 16.4. The van der Waals surface area contributed by atoms with Crippen LogP contribution in [-0.2, 0) is 4.79 Å². The van der Waals surface area contributed by atoms with Crippen LogP contribution in [-0.4, -0.2) is 44.2 Å². The molecule has 0 aliphatic rings. The number of nitrogens with zero attached hydrogens (tertiary/aromatic N) is 1. The van der Waals surface area contributed by atoms with Crippen molar-refractivity contribution in [2.24, 2.45) is 5.73 Å². The van der Waals surface area contributed by atoms with E-state index in [0.29, 0.717) is 11.0 Å². The van der Waals surface area contributed by atoms with Gasteiger partial charge in [0.05, 0.1) is 26.6 Å². The van der Waals surface area contributed by atoms with E-state index in [0.717, 1.165) is 13.0 Å². The van der Waals surface area contributed by atoms with E-state index < -0.39 is 5.97 Å². The first-order chi connectivity index (χ1) is 4.98. The molecule has 66 valence electrons. The van der Waals surface area contributed by atoms with Gasteiger partial charge in [0.1, 0.15) is 6.54 Å². The van der Waals surface area contributed by atoms with E-state index in [-0.39, 0.29) is 6.54 Å². The maximum Gasteiger partial charge on any atom is 0.119 e. The molecule has 4 heteroatoms. The van der Waals surface area contributed by atoms with Gasteiger partial charge < -0.3 is 20.1 Å². The molecule has 0 bridgehead atoms. The van der Waals surface area contributed by atoms with Gasteiger partial charge in [-0.1, -0.05) is 0 Å². The summed E-state index contributed by atoms with van der Waals surface area (Å²) in [7, 11) is 3.71. The molecule has 0 atom stereocenters. The first-order valence-corrected chi connectivity index (χ1v) is 3.70. The van der Waals surface area contributed by atoms with E-state index in [1.807, 2.05) is 14.1 Å². The summed E-state index contributed by atoms with van der Waals surface area (Å²) in [6.45, 7) is 1.44. The number of quaternary nitrogens is 1.